The predicted molar refractivity (Wildman–Crippen MR) is 86.3 cm³/mol. The van der Waals surface area contributed by atoms with Gasteiger partial charge in [0, 0.05) is 24.2 Å². The number of nitrogens with one attached hydrogen (secondary N) is 1. The molecule has 21 heavy (non-hydrogen) atoms. The molecule has 1 aromatic carbocycles. The second-order valence-electron chi connectivity index (χ2n) is 5.62. The van der Waals surface area contributed by atoms with E-state index >= 15 is 0 Å². The Kier molecular flexibility index (Phi) is 6.33. The summed E-state index contributed by atoms with van der Waals surface area (Å²) in [6, 6.07) is 6.42. The summed E-state index contributed by atoms with van der Waals surface area (Å²) in [5.41, 5.74) is 1.22. The molecule has 4 nitrogen and oxygen atoms in total. The molecule has 1 aromatic rings. The van der Waals surface area contributed by atoms with E-state index in [1.54, 1.807) is 14.2 Å². The monoisotopic (exact) mass is 292 g/mol. The highest BCUT2D eigenvalue weighted by atomic mass is 16.5. The summed E-state index contributed by atoms with van der Waals surface area (Å²) in [7, 11) is 3.41. The van der Waals surface area contributed by atoms with Crippen molar-refractivity contribution in [3.8, 4) is 11.5 Å². The molecule has 1 unspecified atom stereocenters. The lowest BCUT2D eigenvalue weighted by Gasteiger charge is -2.26. The van der Waals surface area contributed by atoms with Gasteiger partial charge in [0.25, 0.3) is 0 Å². The highest BCUT2D eigenvalue weighted by Gasteiger charge is 2.21. The lowest BCUT2D eigenvalue weighted by atomic mass is 10.0. The fourth-order valence-electron chi connectivity index (χ4n) is 2.92. The van der Waals surface area contributed by atoms with Crippen molar-refractivity contribution in [1.82, 2.24) is 10.2 Å². The fraction of sp³-hybridized carbons (Fsp3) is 0.647. The van der Waals surface area contributed by atoms with Gasteiger partial charge in [-0.2, -0.15) is 0 Å². The first-order chi connectivity index (χ1) is 10.3. The third-order valence-corrected chi connectivity index (χ3v) is 4.10. The Labute approximate surface area is 128 Å². The van der Waals surface area contributed by atoms with Crippen molar-refractivity contribution in [2.24, 2.45) is 0 Å². The molecule has 1 aliphatic rings. The molecular weight excluding hydrogens is 264 g/mol. The number of hydrogen-bond acceptors (Lipinski definition) is 4. The van der Waals surface area contributed by atoms with E-state index in [0.29, 0.717) is 6.04 Å². The van der Waals surface area contributed by atoms with Gasteiger partial charge in [0.05, 0.1) is 14.2 Å². The normalized spacial score (nSPS) is 16.9. The zero-order chi connectivity index (χ0) is 15.1. The van der Waals surface area contributed by atoms with Gasteiger partial charge in [-0.3, -0.25) is 0 Å². The Morgan fingerprint density at radius 1 is 1.19 bits per heavy atom. The van der Waals surface area contributed by atoms with Gasteiger partial charge in [0.1, 0.15) is 11.5 Å². The summed E-state index contributed by atoms with van der Waals surface area (Å²) in [5, 5.41) is 3.66. The van der Waals surface area contributed by atoms with Gasteiger partial charge in [-0.25, -0.2) is 0 Å². The lowest BCUT2D eigenvalue weighted by molar-refractivity contribution is 0.287. The molecule has 0 aromatic heterocycles. The average molecular weight is 292 g/mol. The summed E-state index contributed by atoms with van der Waals surface area (Å²) in [6.07, 6.45) is 3.77. The Balaban J connectivity index is 2.17. The number of nitrogens with zero attached hydrogens (tertiary/aromatic N) is 1. The van der Waals surface area contributed by atoms with Crippen LogP contribution in [-0.2, 0) is 0 Å². The standard InChI is InChI=1S/C17H28N2O2/c1-4-9-18-16(13-19-10-5-6-11-19)15-8-7-14(20-2)12-17(15)21-3/h7-8,12,16,18H,4-6,9-11,13H2,1-3H3. The first-order valence-corrected chi connectivity index (χ1v) is 7.96. The van der Waals surface area contributed by atoms with Crippen LogP contribution >= 0.6 is 0 Å². The van der Waals surface area contributed by atoms with Crippen molar-refractivity contribution >= 4 is 0 Å². The molecule has 118 valence electrons. The summed E-state index contributed by atoms with van der Waals surface area (Å²) in [5.74, 6) is 1.74. The molecule has 0 amide bonds. The maximum absolute atomic E-state index is 5.57. The van der Waals surface area contributed by atoms with Gasteiger partial charge >= 0.3 is 0 Å². The van der Waals surface area contributed by atoms with E-state index in [2.05, 4.69) is 23.2 Å². The Hall–Kier alpha value is -1.26. The van der Waals surface area contributed by atoms with Crippen molar-refractivity contribution in [1.29, 1.82) is 0 Å². The zero-order valence-corrected chi connectivity index (χ0v) is 13.5. The van der Waals surface area contributed by atoms with Crippen LogP contribution in [-0.4, -0.2) is 45.3 Å². The zero-order valence-electron chi connectivity index (χ0n) is 13.5. The van der Waals surface area contributed by atoms with Crippen molar-refractivity contribution < 1.29 is 9.47 Å². The average Bonchev–Trinajstić information content (AvgIpc) is 3.03. The van der Waals surface area contributed by atoms with E-state index in [9.17, 15) is 0 Å². The molecule has 1 fully saturated rings. The number of methoxy groups -OCH3 is 2. The quantitative estimate of drug-likeness (QED) is 0.799. The van der Waals surface area contributed by atoms with E-state index in [1.165, 1.54) is 31.5 Å². The third-order valence-electron chi connectivity index (χ3n) is 4.10. The minimum Gasteiger partial charge on any atom is -0.497 e. The van der Waals surface area contributed by atoms with Crippen LogP contribution in [0.25, 0.3) is 0 Å². The first kappa shape index (κ1) is 16.1. The number of likely N-dealkylation sites (tertiary alicyclic amines) is 1. The highest BCUT2D eigenvalue weighted by molar-refractivity contribution is 5.42. The SMILES string of the molecule is CCCNC(CN1CCCC1)c1ccc(OC)cc1OC. The van der Waals surface area contributed by atoms with Gasteiger partial charge in [0.2, 0.25) is 0 Å². The Morgan fingerprint density at radius 2 is 1.95 bits per heavy atom. The molecule has 4 heteroatoms. The van der Waals surface area contributed by atoms with Gasteiger partial charge in [0.15, 0.2) is 0 Å². The molecule has 0 spiro atoms. The van der Waals surface area contributed by atoms with Crippen LogP contribution in [0.3, 0.4) is 0 Å². The van der Waals surface area contributed by atoms with Crippen molar-refractivity contribution in [2.45, 2.75) is 32.2 Å². The topological polar surface area (TPSA) is 33.7 Å². The summed E-state index contributed by atoms with van der Waals surface area (Å²) in [4.78, 5) is 2.54. The molecule has 1 heterocycles. The van der Waals surface area contributed by atoms with E-state index < -0.39 is 0 Å². The van der Waals surface area contributed by atoms with Crippen LogP contribution in [0.4, 0.5) is 0 Å². The third kappa shape index (κ3) is 4.35. The van der Waals surface area contributed by atoms with Gasteiger partial charge in [-0.1, -0.05) is 13.0 Å². The smallest absolute Gasteiger partial charge is 0.127 e. The van der Waals surface area contributed by atoms with E-state index in [-0.39, 0.29) is 0 Å². The van der Waals surface area contributed by atoms with Crippen LogP contribution < -0.4 is 14.8 Å². The Morgan fingerprint density at radius 3 is 2.57 bits per heavy atom. The second kappa shape index (κ2) is 8.25. The van der Waals surface area contributed by atoms with Gasteiger partial charge < -0.3 is 19.7 Å². The summed E-state index contributed by atoms with van der Waals surface area (Å²) in [6.45, 7) is 6.69. The summed E-state index contributed by atoms with van der Waals surface area (Å²) >= 11 is 0. The minimum atomic E-state index is 0.309. The number of rotatable bonds is 8. The van der Waals surface area contributed by atoms with Gasteiger partial charge in [-0.15, -0.1) is 0 Å². The molecule has 1 saturated heterocycles. The van der Waals surface area contributed by atoms with Crippen molar-refractivity contribution in [3.05, 3.63) is 23.8 Å². The van der Waals surface area contributed by atoms with E-state index in [1.807, 2.05) is 12.1 Å². The molecule has 1 N–H and O–H groups in total. The molecule has 0 radical (unpaired) electrons. The minimum absolute atomic E-state index is 0.309. The van der Waals surface area contributed by atoms with E-state index in [0.717, 1.165) is 31.0 Å². The predicted octanol–water partition coefficient (Wildman–Crippen LogP) is 2.84. The molecular formula is C17H28N2O2. The largest absolute Gasteiger partial charge is 0.497 e. The first-order valence-electron chi connectivity index (χ1n) is 7.96. The van der Waals surface area contributed by atoms with Crippen LogP contribution in [0.5, 0.6) is 11.5 Å². The molecule has 0 saturated carbocycles. The van der Waals surface area contributed by atoms with Crippen LogP contribution in [0.2, 0.25) is 0 Å². The maximum atomic E-state index is 5.57. The van der Waals surface area contributed by atoms with Crippen molar-refractivity contribution in [3.63, 3.8) is 0 Å². The molecule has 0 bridgehead atoms. The fourth-order valence-corrected chi connectivity index (χ4v) is 2.92. The Bertz CT molecular complexity index is 431. The molecule has 1 aliphatic heterocycles. The molecule has 0 aliphatic carbocycles. The van der Waals surface area contributed by atoms with Crippen LogP contribution in [0.1, 0.15) is 37.8 Å². The lowest BCUT2D eigenvalue weighted by Crippen LogP contribution is -2.34. The van der Waals surface area contributed by atoms with Crippen molar-refractivity contribution in [2.75, 3.05) is 40.4 Å². The number of hydrogen-bond donors (Lipinski definition) is 1. The molecule has 1 atom stereocenters. The van der Waals surface area contributed by atoms with Crippen LogP contribution in [0, 0.1) is 0 Å². The maximum Gasteiger partial charge on any atom is 0.127 e. The summed E-state index contributed by atoms with van der Waals surface area (Å²) < 4.78 is 10.9. The van der Waals surface area contributed by atoms with E-state index in [4.69, 9.17) is 9.47 Å². The second-order valence-corrected chi connectivity index (χ2v) is 5.62. The number of benzene rings is 1. The highest BCUT2D eigenvalue weighted by Crippen LogP contribution is 2.30. The molecule has 2 rings (SSSR count). The van der Waals surface area contributed by atoms with Crippen LogP contribution in [0.15, 0.2) is 18.2 Å². The van der Waals surface area contributed by atoms with Gasteiger partial charge in [-0.05, 0) is 45.0 Å². The number of ether oxygens (including phenoxy) is 2.